The molecule has 0 amide bonds. The van der Waals surface area contributed by atoms with Crippen molar-refractivity contribution in [1.82, 2.24) is 9.55 Å². The standard InChI is InChI=1S/C22H22F3N3O2S/c1-31(29,30)9-8-28-17(11-15-10-16(22(23,24)25)2-3-19(15)28)13-27-14-21(5-6-21)18-4-7-26-12-20(18)27/h2-4,7,10-12H,5-6,8-9,13-14H2,1H3. The van der Waals surface area contributed by atoms with E-state index in [0.717, 1.165) is 42.9 Å². The van der Waals surface area contributed by atoms with Gasteiger partial charge in [-0.25, -0.2) is 8.42 Å². The summed E-state index contributed by atoms with van der Waals surface area (Å²) < 4.78 is 65.0. The molecular formula is C22H22F3N3O2S. The fourth-order valence-electron chi connectivity index (χ4n) is 4.69. The average Bonchev–Trinajstić information content (AvgIpc) is 3.29. The van der Waals surface area contributed by atoms with Crippen molar-refractivity contribution in [2.75, 3.05) is 23.5 Å². The van der Waals surface area contributed by atoms with Crippen LogP contribution in [0.15, 0.2) is 42.7 Å². The first kappa shape index (κ1) is 20.4. The van der Waals surface area contributed by atoms with Crippen LogP contribution < -0.4 is 4.90 Å². The minimum absolute atomic E-state index is 0.0765. The largest absolute Gasteiger partial charge is 0.416 e. The number of fused-ring (bicyclic) bond motifs is 3. The average molecular weight is 449 g/mol. The number of nitrogens with zero attached hydrogens (tertiary/aromatic N) is 3. The quantitative estimate of drug-likeness (QED) is 0.587. The predicted octanol–water partition coefficient (Wildman–Crippen LogP) is 4.15. The Bertz CT molecular complexity index is 1280. The molecule has 3 aromatic rings. The van der Waals surface area contributed by atoms with E-state index < -0.39 is 21.6 Å². The molecule has 1 aliphatic heterocycles. The lowest BCUT2D eigenvalue weighted by Crippen LogP contribution is -2.25. The molecule has 2 aliphatic rings. The molecule has 9 heteroatoms. The molecular weight excluding hydrogens is 427 g/mol. The normalized spacial score (nSPS) is 17.5. The third kappa shape index (κ3) is 3.69. The molecule has 31 heavy (non-hydrogen) atoms. The van der Waals surface area contributed by atoms with E-state index in [-0.39, 0.29) is 17.7 Å². The smallest absolute Gasteiger partial charge is 0.363 e. The van der Waals surface area contributed by atoms with E-state index in [4.69, 9.17) is 0 Å². The summed E-state index contributed by atoms with van der Waals surface area (Å²) in [4.78, 5) is 6.47. The molecule has 5 rings (SSSR count). The number of rotatable bonds is 5. The van der Waals surface area contributed by atoms with Gasteiger partial charge in [-0.3, -0.25) is 4.98 Å². The van der Waals surface area contributed by atoms with Gasteiger partial charge >= 0.3 is 6.18 Å². The van der Waals surface area contributed by atoms with Gasteiger partial charge in [0.1, 0.15) is 9.84 Å². The third-order valence-corrected chi connectivity index (χ3v) is 7.34. The highest BCUT2D eigenvalue weighted by Gasteiger charge is 2.51. The van der Waals surface area contributed by atoms with Crippen LogP contribution in [0.1, 0.15) is 29.7 Å². The molecule has 2 aromatic heterocycles. The first-order valence-corrected chi connectivity index (χ1v) is 12.2. The summed E-state index contributed by atoms with van der Waals surface area (Å²) in [6.07, 6.45) is 2.61. The van der Waals surface area contributed by atoms with Gasteiger partial charge in [-0.15, -0.1) is 0 Å². The van der Waals surface area contributed by atoms with Crippen molar-refractivity contribution in [2.24, 2.45) is 0 Å². The van der Waals surface area contributed by atoms with E-state index >= 15 is 0 Å². The van der Waals surface area contributed by atoms with Crippen molar-refractivity contribution < 1.29 is 21.6 Å². The van der Waals surface area contributed by atoms with Crippen LogP contribution in [-0.4, -0.2) is 36.5 Å². The second kappa shape index (κ2) is 6.72. The molecule has 0 saturated heterocycles. The molecule has 164 valence electrons. The van der Waals surface area contributed by atoms with E-state index in [0.29, 0.717) is 17.4 Å². The van der Waals surface area contributed by atoms with E-state index in [2.05, 4.69) is 16.0 Å². The second-order valence-corrected chi connectivity index (χ2v) is 11.0. The number of hydrogen-bond acceptors (Lipinski definition) is 4. The molecule has 0 atom stereocenters. The van der Waals surface area contributed by atoms with Crippen LogP contribution in [0.25, 0.3) is 10.9 Å². The fraction of sp³-hybridized carbons (Fsp3) is 0.409. The third-order valence-electron chi connectivity index (χ3n) is 6.41. The summed E-state index contributed by atoms with van der Waals surface area (Å²) in [5, 5.41) is 0.463. The highest BCUT2D eigenvalue weighted by Crippen LogP contribution is 2.56. The maximum atomic E-state index is 13.2. The van der Waals surface area contributed by atoms with Crippen LogP contribution in [0.4, 0.5) is 18.9 Å². The molecule has 0 bridgehead atoms. The Morgan fingerprint density at radius 1 is 1.16 bits per heavy atom. The van der Waals surface area contributed by atoms with E-state index in [1.807, 2.05) is 10.8 Å². The molecule has 3 heterocycles. The molecule has 0 N–H and O–H groups in total. The van der Waals surface area contributed by atoms with Crippen molar-refractivity contribution in [2.45, 2.75) is 37.5 Å². The highest BCUT2D eigenvalue weighted by atomic mass is 32.2. The number of sulfone groups is 1. The SMILES string of the molecule is CS(=O)(=O)CCn1c(CN2CC3(CC3)c3ccncc32)cc2cc(C(F)(F)F)ccc21. The number of aryl methyl sites for hydroxylation is 1. The van der Waals surface area contributed by atoms with Gasteiger partial charge in [0.2, 0.25) is 0 Å². The van der Waals surface area contributed by atoms with Crippen LogP contribution in [0.5, 0.6) is 0 Å². The monoisotopic (exact) mass is 449 g/mol. The van der Waals surface area contributed by atoms with Gasteiger partial charge in [0.05, 0.1) is 29.7 Å². The first-order chi connectivity index (χ1) is 14.6. The van der Waals surface area contributed by atoms with E-state index in [1.54, 1.807) is 12.3 Å². The number of pyridine rings is 1. The van der Waals surface area contributed by atoms with Gasteiger partial charge in [0, 0.05) is 47.6 Å². The maximum absolute atomic E-state index is 13.2. The molecule has 0 unspecified atom stereocenters. The van der Waals surface area contributed by atoms with Crippen molar-refractivity contribution in [3.8, 4) is 0 Å². The Morgan fingerprint density at radius 2 is 1.94 bits per heavy atom. The number of aromatic nitrogens is 2. The van der Waals surface area contributed by atoms with Crippen LogP contribution in [-0.2, 0) is 34.5 Å². The highest BCUT2D eigenvalue weighted by molar-refractivity contribution is 7.90. The summed E-state index contributed by atoms with van der Waals surface area (Å²) in [5.41, 5.74) is 3.19. The number of anilines is 1. The Labute approximate surface area is 178 Å². The summed E-state index contributed by atoms with van der Waals surface area (Å²) in [6, 6.07) is 7.43. The molecule has 1 aliphatic carbocycles. The zero-order chi connectivity index (χ0) is 22.0. The summed E-state index contributed by atoms with van der Waals surface area (Å²) in [7, 11) is -3.23. The first-order valence-electron chi connectivity index (χ1n) is 10.1. The molecule has 0 radical (unpaired) electrons. The topological polar surface area (TPSA) is 55.2 Å². The van der Waals surface area contributed by atoms with Crippen molar-refractivity contribution >= 4 is 26.4 Å². The Hall–Kier alpha value is -2.55. The lowest BCUT2D eigenvalue weighted by atomic mass is 10.0. The molecule has 1 fully saturated rings. The minimum Gasteiger partial charge on any atom is -0.363 e. The Balaban J connectivity index is 1.55. The number of benzene rings is 1. The molecule has 1 spiro atoms. The lowest BCUT2D eigenvalue weighted by Gasteiger charge is -2.21. The predicted molar refractivity (Wildman–Crippen MR) is 113 cm³/mol. The van der Waals surface area contributed by atoms with E-state index in [9.17, 15) is 21.6 Å². The Morgan fingerprint density at radius 3 is 2.61 bits per heavy atom. The number of hydrogen-bond donors (Lipinski definition) is 0. The minimum atomic E-state index is -4.43. The van der Waals surface area contributed by atoms with Gasteiger partial charge in [-0.05, 0) is 48.7 Å². The number of halogens is 3. The molecule has 1 saturated carbocycles. The zero-order valence-electron chi connectivity index (χ0n) is 17.0. The van der Waals surface area contributed by atoms with Gasteiger partial charge in [-0.2, -0.15) is 13.2 Å². The Kier molecular flexibility index (Phi) is 4.41. The fourth-order valence-corrected chi connectivity index (χ4v) is 5.21. The molecule has 5 nitrogen and oxygen atoms in total. The van der Waals surface area contributed by atoms with Crippen molar-refractivity contribution in [3.63, 3.8) is 0 Å². The van der Waals surface area contributed by atoms with Gasteiger partial charge in [-0.1, -0.05) is 0 Å². The second-order valence-electron chi connectivity index (χ2n) is 8.72. The summed E-state index contributed by atoms with van der Waals surface area (Å²) in [5.74, 6) is -0.0765. The van der Waals surface area contributed by atoms with Crippen LogP contribution in [0.2, 0.25) is 0 Å². The summed E-state index contributed by atoms with van der Waals surface area (Å²) in [6.45, 7) is 1.53. The van der Waals surface area contributed by atoms with Crippen LogP contribution in [0, 0.1) is 0 Å². The number of alkyl halides is 3. The van der Waals surface area contributed by atoms with Crippen LogP contribution in [0.3, 0.4) is 0 Å². The van der Waals surface area contributed by atoms with Gasteiger partial charge in [0.15, 0.2) is 0 Å². The summed E-state index contributed by atoms with van der Waals surface area (Å²) >= 11 is 0. The lowest BCUT2D eigenvalue weighted by molar-refractivity contribution is -0.137. The van der Waals surface area contributed by atoms with Crippen molar-refractivity contribution in [1.29, 1.82) is 0 Å². The van der Waals surface area contributed by atoms with E-state index in [1.165, 1.54) is 17.9 Å². The van der Waals surface area contributed by atoms with Crippen molar-refractivity contribution in [3.05, 3.63) is 59.5 Å². The van der Waals surface area contributed by atoms with Gasteiger partial charge in [0.25, 0.3) is 0 Å². The maximum Gasteiger partial charge on any atom is 0.416 e. The molecule has 1 aromatic carbocycles. The van der Waals surface area contributed by atoms with Crippen LogP contribution >= 0.6 is 0 Å². The van der Waals surface area contributed by atoms with Gasteiger partial charge < -0.3 is 9.47 Å². The zero-order valence-corrected chi connectivity index (χ0v) is 17.8.